The van der Waals surface area contributed by atoms with Crippen LogP contribution in [0, 0.1) is 18.8 Å². The number of fused-ring (bicyclic) bond motifs is 1. The number of hydrogen-bond donors (Lipinski definition) is 0. The van der Waals surface area contributed by atoms with E-state index >= 15 is 0 Å². The number of Topliss-reactive ketones (excluding diaryl/α,β-unsaturated/α-hetero) is 1. The first kappa shape index (κ1) is 24.1. The number of benzene rings is 2. The maximum absolute atomic E-state index is 13.5. The number of amides is 3. The largest absolute Gasteiger partial charge is 0.292 e. The Bertz CT molecular complexity index is 1080. The van der Waals surface area contributed by atoms with Crippen molar-refractivity contribution < 1.29 is 19.2 Å². The molecule has 0 radical (unpaired) electrons. The van der Waals surface area contributed by atoms with E-state index in [0.29, 0.717) is 23.4 Å². The van der Waals surface area contributed by atoms with Crippen LogP contribution in [-0.2, 0) is 9.59 Å². The fourth-order valence-electron chi connectivity index (χ4n) is 4.26. The second kappa shape index (κ2) is 9.68. The normalized spacial score (nSPS) is 24.5. The topological polar surface area (TPSA) is 74.8 Å². The number of imide groups is 1. The van der Waals surface area contributed by atoms with Gasteiger partial charge in [0.2, 0.25) is 0 Å². The molecule has 1 heterocycles. The molecule has 1 aliphatic carbocycles. The fourth-order valence-corrected chi connectivity index (χ4v) is 5.62. The van der Waals surface area contributed by atoms with Crippen molar-refractivity contribution in [3.63, 3.8) is 0 Å². The molecule has 33 heavy (non-hydrogen) atoms. The zero-order valence-corrected chi connectivity index (χ0v) is 21.6. The highest BCUT2D eigenvalue weighted by molar-refractivity contribution is 9.12. The van der Waals surface area contributed by atoms with E-state index in [1.807, 2.05) is 6.92 Å². The summed E-state index contributed by atoms with van der Waals surface area (Å²) in [4.78, 5) is 53.3. The number of ketones is 1. The summed E-state index contributed by atoms with van der Waals surface area (Å²) in [6, 6.07) is 13.0. The van der Waals surface area contributed by atoms with Gasteiger partial charge in [0.05, 0.1) is 11.8 Å². The summed E-state index contributed by atoms with van der Waals surface area (Å²) in [5.74, 6) is -2.96. The van der Waals surface area contributed by atoms with Crippen molar-refractivity contribution in [3.8, 4) is 0 Å². The minimum Gasteiger partial charge on any atom is -0.292 e. The highest BCUT2D eigenvalue weighted by Gasteiger charge is 2.54. The van der Waals surface area contributed by atoms with Gasteiger partial charge in [0, 0.05) is 25.8 Å². The number of carbonyl (C=O) groups excluding carboxylic acids is 4. The molecule has 172 valence electrons. The Morgan fingerprint density at radius 2 is 1.39 bits per heavy atom. The summed E-state index contributed by atoms with van der Waals surface area (Å²) in [6.45, 7) is 1.47. The van der Waals surface area contributed by atoms with E-state index in [1.165, 1.54) is 12.1 Å². The highest BCUT2D eigenvalue weighted by atomic mass is 79.9. The molecule has 0 N–H and O–H groups in total. The van der Waals surface area contributed by atoms with Crippen molar-refractivity contribution in [3.05, 3.63) is 70.2 Å². The first-order chi connectivity index (χ1) is 15.7. The molecule has 0 bridgehead atoms. The molecule has 2 aromatic carbocycles. The van der Waals surface area contributed by atoms with Crippen LogP contribution in [0.25, 0.3) is 0 Å². The van der Waals surface area contributed by atoms with Crippen LogP contribution >= 0.6 is 43.5 Å². The second-order valence-electron chi connectivity index (χ2n) is 8.36. The maximum Gasteiger partial charge on any atom is 0.273 e. The van der Waals surface area contributed by atoms with Crippen LogP contribution in [0.15, 0.2) is 48.5 Å². The van der Waals surface area contributed by atoms with Crippen molar-refractivity contribution in [2.75, 3.05) is 6.54 Å². The number of hydrazine groups is 1. The Hall–Kier alpha value is -2.03. The van der Waals surface area contributed by atoms with Crippen molar-refractivity contribution in [2.45, 2.75) is 29.4 Å². The van der Waals surface area contributed by atoms with Gasteiger partial charge in [-0.2, -0.15) is 5.01 Å². The Morgan fingerprint density at radius 1 is 0.909 bits per heavy atom. The molecule has 3 amide bonds. The van der Waals surface area contributed by atoms with Crippen LogP contribution in [0.2, 0.25) is 5.02 Å². The minimum absolute atomic E-state index is 0.0325. The smallest absolute Gasteiger partial charge is 0.273 e. The van der Waals surface area contributed by atoms with Crippen LogP contribution < -0.4 is 0 Å². The number of alkyl halides is 2. The van der Waals surface area contributed by atoms with E-state index in [-0.39, 0.29) is 21.0 Å². The number of carbonyl (C=O) groups is 4. The Kier molecular flexibility index (Phi) is 7.07. The number of rotatable bonds is 5. The summed E-state index contributed by atoms with van der Waals surface area (Å²) < 4.78 is 0. The number of aryl methyl sites for hydroxylation is 1. The van der Waals surface area contributed by atoms with Gasteiger partial charge in [-0.1, -0.05) is 73.3 Å². The molecule has 2 aliphatic rings. The monoisotopic (exact) mass is 594 g/mol. The molecule has 1 saturated heterocycles. The second-order valence-corrected chi connectivity index (χ2v) is 11.2. The molecule has 4 rings (SSSR count). The zero-order valence-electron chi connectivity index (χ0n) is 17.7. The summed E-state index contributed by atoms with van der Waals surface area (Å²) in [5.41, 5.74) is 1.61. The standard InChI is InChI=1S/C24H21Br2ClN2O4/c1-13-2-4-14(5-3-13)21(30)12-28(22(31)15-6-8-16(27)9-7-15)29-23(32)17-10-19(25)20(26)11-18(17)24(29)33/h2-9,17-20H,10-12H2,1H3/t17-,18+,19+,20-. The van der Waals surface area contributed by atoms with E-state index in [9.17, 15) is 19.2 Å². The fraction of sp³-hybridized carbons (Fsp3) is 0.333. The Labute approximate surface area is 213 Å². The molecular weight excluding hydrogens is 576 g/mol. The molecule has 4 atom stereocenters. The predicted molar refractivity (Wildman–Crippen MR) is 131 cm³/mol. The maximum atomic E-state index is 13.5. The third-order valence-corrected chi connectivity index (χ3v) is 9.11. The van der Waals surface area contributed by atoms with Crippen LogP contribution in [0.4, 0.5) is 0 Å². The summed E-state index contributed by atoms with van der Waals surface area (Å²) >= 11 is 13.1. The van der Waals surface area contributed by atoms with Crippen molar-refractivity contribution in [1.29, 1.82) is 0 Å². The van der Waals surface area contributed by atoms with Gasteiger partial charge in [0.1, 0.15) is 6.54 Å². The van der Waals surface area contributed by atoms with Crippen LogP contribution in [0.3, 0.4) is 0 Å². The molecule has 0 aromatic heterocycles. The Morgan fingerprint density at radius 3 is 1.91 bits per heavy atom. The van der Waals surface area contributed by atoms with E-state index in [0.717, 1.165) is 15.6 Å². The van der Waals surface area contributed by atoms with Gasteiger partial charge < -0.3 is 0 Å². The predicted octanol–water partition coefficient (Wildman–Crippen LogP) is 4.81. The van der Waals surface area contributed by atoms with Crippen LogP contribution in [0.1, 0.15) is 39.1 Å². The molecule has 9 heteroatoms. The van der Waals surface area contributed by atoms with Gasteiger partial charge in [0.15, 0.2) is 5.78 Å². The molecule has 6 nitrogen and oxygen atoms in total. The first-order valence-corrected chi connectivity index (χ1v) is 12.7. The van der Waals surface area contributed by atoms with Crippen LogP contribution in [-0.4, -0.2) is 49.7 Å². The average molecular weight is 597 g/mol. The van der Waals surface area contributed by atoms with E-state index in [2.05, 4.69) is 31.9 Å². The molecule has 0 spiro atoms. The van der Waals surface area contributed by atoms with Gasteiger partial charge in [-0.05, 0) is 44.0 Å². The van der Waals surface area contributed by atoms with Gasteiger partial charge in [0.25, 0.3) is 17.7 Å². The quantitative estimate of drug-likeness (QED) is 0.282. The average Bonchev–Trinajstić information content (AvgIpc) is 3.02. The first-order valence-electron chi connectivity index (χ1n) is 10.5. The molecule has 0 unspecified atom stereocenters. The van der Waals surface area contributed by atoms with Gasteiger partial charge in [-0.3, -0.25) is 19.2 Å². The molecule has 2 aromatic rings. The number of nitrogens with zero attached hydrogens (tertiary/aromatic N) is 2. The molecule has 2 fully saturated rings. The minimum atomic E-state index is -0.613. The lowest BCUT2D eigenvalue weighted by Crippen LogP contribution is -2.52. The lowest BCUT2D eigenvalue weighted by atomic mass is 9.81. The van der Waals surface area contributed by atoms with Crippen molar-refractivity contribution >= 4 is 67.0 Å². The third kappa shape index (κ3) is 4.79. The molecule has 1 aliphatic heterocycles. The van der Waals surface area contributed by atoms with E-state index in [4.69, 9.17) is 11.6 Å². The Balaban J connectivity index is 1.69. The van der Waals surface area contributed by atoms with E-state index in [1.54, 1.807) is 36.4 Å². The third-order valence-electron chi connectivity index (χ3n) is 6.12. The van der Waals surface area contributed by atoms with Crippen molar-refractivity contribution in [2.24, 2.45) is 11.8 Å². The van der Waals surface area contributed by atoms with Crippen LogP contribution in [0.5, 0.6) is 0 Å². The number of halogens is 3. The van der Waals surface area contributed by atoms with Gasteiger partial charge in [-0.15, -0.1) is 0 Å². The SMILES string of the molecule is Cc1ccc(C(=O)CN(C(=O)c2ccc(Cl)cc2)N2C(=O)[C@H]3C[C@@H](Br)[C@@H](Br)C[C@H]3C2=O)cc1. The molecular formula is C24H21Br2ClN2O4. The summed E-state index contributed by atoms with van der Waals surface area (Å²) in [7, 11) is 0. The number of hydrogen-bond acceptors (Lipinski definition) is 4. The zero-order chi connectivity index (χ0) is 23.9. The van der Waals surface area contributed by atoms with Crippen molar-refractivity contribution in [1.82, 2.24) is 10.0 Å². The summed E-state index contributed by atoms with van der Waals surface area (Å²) in [5, 5.41) is 2.32. The summed E-state index contributed by atoms with van der Waals surface area (Å²) in [6.07, 6.45) is 0.938. The van der Waals surface area contributed by atoms with E-state index < -0.39 is 36.1 Å². The van der Waals surface area contributed by atoms with Gasteiger partial charge >= 0.3 is 0 Å². The lowest BCUT2D eigenvalue weighted by molar-refractivity contribution is -0.154. The highest BCUT2D eigenvalue weighted by Crippen LogP contribution is 2.43. The lowest BCUT2D eigenvalue weighted by Gasteiger charge is -2.30. The molecule has 1 saturated carbocycles. The van der Waals surface area contributed by atoms with Gasteiger partial charge in [-0.25, -0.2) is 5.01 Å².